The third-order valence-electron chi connectivity index (χ3n) is 7.87. The Morgan fingerprint density at radius 3 is 2.39 bits per heavy atom. The lowest BCUT2D eigenvalue weighted by Gasteiger charge is -2.36. The van der Waals surface area contributed by atoms with Crippen LogP contribution < -0.4 is 5.32 Å². The van der Waals surface area contributed by atoms with Gasteiger partial charge in [-0.1, -0.05) is 56.9 Å². The van der Waals surface area contributed by atoms with Gasteiger partial charge in [-0.3, -0.25) is 19.3 Å². The minimum absolute atomic E-state index is 0.0627. The molecule has 0 fully saturated rings. The van der Waals surface area contributed by atoms with E-state index >= 15 is 0 Å². The Balaban J connectivity index is 1.51. The highest BCUT2D eigenvalue weighted by Gasteiger charge is 2.37. The molecule has 0 saturated heterocycles. The van der Waals surface area contributed by atoms with Crippen molar-refractivity contribution in [1.29, 1.82) is 0 Å². The molecule has 0 aliphatic heterocycles. The van der Waals surface area contributed by atoms with Gasteiger partial charge in [0, 0.05) is 53.5 Å². The van der Waals surface area contributed by atoms with Crippen molar-refractivity contribution in [1.82, 2.24) is 14.8 Å². The summed E-state index contributed by atoms with van der Waals surface area (Å²) in [5.74, 6) is 5.38. The van der Waals surface area contributed by atoms with E-state index < -0.39 is 24.0 Å². The first-order valence-electron chi connectivity index (χ1n) is 15.0. The van der Waals surface area contributed by atoms with Crippen LogP contribution in [0.1, 0.15) is 64.9 Å². The molecule has 0 unspecified atom stereocenters. The maximum atomic E-state index is 14.2. The fraction of sp³-hybridized carbons (Fsp3) is 0.314. The van der Waals surface area contributed by atoms with Gasteiger partial charge in [0.05, 0.1) is 21.0 Å². The summed E-state index contributed by atoms with van der Waals surface area (Å²) in [5.41, 5.74) is 3.13. The van der Waals surface area contributed by atoms with Gasteiger partial charge in [0.15, 0.2) is 8.32 Å². The van der Waals surface area contributed by atoms with Crippen molar-refractivity contribution in [2.75, 3.05) is 17.7 Å². The Morgan fingerprint density at radius 2 is 1.72 bits per heavy atom. The number of nitrogens with zero attached hydrogens (tertiary/aromatic N) is 4. The molecule has 2 amide bonds. The van der Waals surface area contributed by atoms with Crippen LogP contribution in [0.15, 0.2) is 88.4 Å². The third-order valence-corrected chi connectivity index (χ3v) is 14.7. The van der Waals surface area contributed by atoms with Crippen LogP contribution in [0.3, 0.4) is 0 Å². The molecule has 0 spiro atoms. The number of anilines is 1. The van der Waals surface area contributed by atoms with Gasteiger partial charge in [-0.2, -0.15) is 9.46 Å². The van der Waals surface area contributed by atoms with Crippen LogP contribution in [-0.4, -0.2) is 51.5 Å². The zero-order valence-electron chi connectivity index (χ0n) is 27.5. The van der Waals surface area contributed by atoms with E-state index in [-0.39, 0.29) is 22.3 Å². The van der Waals surface area contributed by atoms with E-state index in [9.17, 15) is 13.8 Å². The minimum atomic E-state index is -3.07. The van der Waals surface area contributed by atoms with Crippen molar-refractivity contribution in [2.24, 2.45) is 11.4 Å². The van der Waals surface area contributed by atoms with E-state index in [1.165, 1.54) is 10.9 Å². The van der Waals surface area contributed by atoms with E-state index in [0.29, 0.717) is 40.4 Å². The molecule has 46 heavy (non-hydrogen) atoms. The number of aromatic nitrogens is 3. The van der Waals surface area contributed by atoms with Crippen molar-refractivity contribution in [3.8, 4) is 11.8 Å². The Hall–Kier alpha value is -4.37. The fourth-order valence-corrected chi connectivity index (χ4v) is 7.28. The molecule has 9 nitrogen and oxygen atoms in total. The van der Waals surface area contributed by atoms with Crippen molar-refractivity contribution in [3.63, 3.8) is 0 Å². The highest BCUT2D eigenvalue weighted by molar-refractivity contribution is 7.94. The molecule has 11 heteroatoms. The maximum absolute atomic E-state index is 14.2. The second kappa shape index (κ2) is 14.4. The SMILES string of the molecule is Cc1cc(C(=O)Nc2cccc(C#Cc3cncc(C(=O)N=[S@](=O)(CCCO[Si](C)(C)C(C)(C)C)c4ccccc4)c3)c2)n(C)n1. The van der Waals surface area contributed by atoms with Crippen LogP contribution in [0.25, 0.3) is 0 Å². The highest BCUT2D eigenvalue weighted by atomic mass is 32.2. The lowest BCUT2D eigenvalue weighted by molar-refractivity contribution is 0.0999. The van der Waals surface area contributed by atoms with Crippen molar-refractivity contribution >= 4 is 35.5 Å². The van der Waals surface area contributed by atoms with Gasteiger partial charge < -0.3 is 9.74 Å². The summed E-state index contributed by atoms with van der Waals surface area (Å²) in [6.45, 7) is 13.2. The first-order chi connectivity index (χ1) is 21.7. The standard InChI is InChI=1S/C35H41N5O4SSi/c1-26-21-32(40(5)38-26)34(42)37-30-14-11-13-27(23-30)17-18-28-22-29(25-36-24-28)33(41)39-45(43,31-15-9-8-10-16-31)20-12-19-44-46(6,7)35(2,3)4/h8-11,13-16,21-25H,12,19-20H2,1-7H3,(H,37,42)/t45-/m0/s1. The van der Waals surface area contributed by atoms with Gasteiger partial charge in [0.2, 0.25) is 0 Å². The van der Waals surface area contributed by atoms with Crippen molar-refractivity contribution < 1.29 is 18.2 Å². The van der Waals surface area contributed by atoms with Gasteiger partial charge in [-0.05, 0) is 73.9 Å². The normalized spacial score (nSPS) is 12.8. The van der Waals surface area contributed by atoms with Crippen LogP contribution in [0, 0.1) is 18.8 Å². The van der Waals surface area contributed by atoms with Crippen LogP contribution in [0.4, 0.5) is 5.69 Å². The number of aryl methyl sites for hydroxylation is 2. The fourth-order valence-electron chi connectivity index (χ4n) is 4.30. The first kappa shape index (κ1) is 34.5. The largest absolute Gasteiger partial charge is 0.417 e. The molecular formula is C35H41N5O4SSi. The zero-order valence-corrected chi connectivity index (χ0v) is 29.3. The Labute approximate surface area is 273 Å². The number of amides is 2. The van der Waals surface area contributed by atoms with Crippen LogP contribution in [-0.2, 0) is 21.2 Å². The van der Waals surface area contributed by atoms with E-state index in [1.54, 1.807) is 67.8 Å². The predicted molar refractivity (Wildman–Crippen MR) is 185 cm³/mol. The predicted octanol–water partition coefficient (Wildman–Crippen LogP) is 6.85. The number of carbonyl (C=O) groups excluding carboxylic acids is 2. The topological polar surface area (TPSA) is 116 Å². The number of hydrogen-bond acceptors (Lipinski definition) is 6. The number of nitrogens with one attached hydrogen (secondary N) is 1. The average molecular weight is 656 g/mol. The molecule has 1 atom stereocenters. The Kier molecular flexibility index (Phi) is 10.8. The number of hydrogen-bond donors (Lipinski definition) is 1. The molecule has 0 aliphatic carbocycles. The Bertz CT molecular complexity index is 1910. The van der Waals surface area contributed by atoms with Gasteiger partial charge >= 0.3 is 0 Å². The number of pyridine rings is 1. The summed E-state index contributed by atoms with van der Waals surface area (Å²) in [5, 5.41) is 7.15. The molecule has 0 saturated carbocycles. The second-order valence-corrected chi connectivity index (χ2v) is 19.7. The molecular weight excluding hydrogens is 615 g/mol. The van der Waals surface area contributed by atoms with Gasteiger partial charge in [0.25, 0.3) is 11.8 Å². The number of rotatable bonds is 9. The molecule has 1 N–H and O–H groups in total. The molecule has 4 aromatic rings. The molecule has 0 radical (unpaired) electrons. The molecule has 2 aromatic heterocycles. The smallest absolute Gasteiger partial charge is 0.286 e. The van der Waals surface area contributed by atoms with E-state index in [0.717, 1.165) is 5.69 Å². The summed E-state index contributed by atoms with van der Waals surface area (Å²) >= 11 is 0. The summed E-state index contributed by atoms with van der Waals surface area (Å²) in [6, 6.07) is 19.4. The van der Waals surface area contributed by atoms with Crippen LogP contribution in [0.2, 0.25) is 18.1 Å². The summed E-state index contributed by atoms with van der Waals surface area (Å²) in [7, 11) is -3.31. The second-order valence-electron chi connectivity index (χ2n) is 12.6. The first-order valence-corrected chi connectivity index (χ1v) is 19.6. The quantitative estimate of drug-likeness (QED) is 0.120. The summed E-state index contributed by atoms with van der Waals surface area (Å²) in [6.07, 6.45) is 3.45. The number of carbonyl (C=O) groups is 2. The third kappa shape index (κ3) is 8.87. The molecule has 240 valence electrons. The van der Waals surface area contributed by atoms with E-state index in [2.05, 4.69) is 65.5 Å². The maximum Gasteiger partial charge on any atom is 0.286 e. The van der Waals surface area contributed by atoms with Crippen LogP contribution in [0.5, 0.6) is 0 Å². The molecule has 2 aromatic carbocycles. The van der Waals surface area contributed by atoms with Gasteiger partial charge in [-0.25, -0.2) is 4.21 Å². The summed E-state index contributed by atoms with van der Waals surface area (Å²) < 4.78 is 26.3. The monoisotopic (exact) mass is 655 g/mol. The highest BCUT2D eigenvalue weighted by Crippen LogP contribution is 2.36. The van der Waals surface area contributed by atoms with Crippen molar-refractivity contribution in [3.05, 3.63) is 107 Å². The molecule has 4 rings (SSSR count). The lowest BCUT2D eigenvalue weighted by Crippen LogP contribution is -2.41. The minimum Gasteiger partial charge on any atom is -0.417 e. The molecule has 2 heterocycles. The van der Waals surface area contributed by atoms with Crippen molar-refractivity contribution in [2.45, 2.75) is 57.1 Å². The molecule has 0 aliphatic rings. The van der Waals surface area contributed by atoms with Gasteiger partial charge in [-0.15, -0.1) is 0 Å². The zero-order chi connectivity index (χ0) is 33.5. The molecule has 0 bridgehead atoms. The number of benzene rings is 2. The van der Waals surface area contributed by atoms with Gasteiger partial charge in [0.1, 0.15) is 5.69 Å². The van der Waals surface area contributed by atoms with Crippen LogP contribution >= 0.6 is 0 Å². The van der Waals surface area contributed by atoms with E-state index in [4.69, 9.17) is 4.43 Å². The Morgan fingerprint density at radius 1 is 1.00 bits per heavy atom. The lowest BCUT2D eigenvalue weighted by atomic mass is 10.1. The summed E-state index contributed by atoms with van der Waals surface area (Å²) in [4.78, 5) is 30.8. The van der Waals surface area contributed by atoms with E-state index in [1.807, 2.05) is 19.1 Å². The average Bonchev–Trinajstić information content (AvgIpc) is 3.36.